The zero-order valence-electron chi connectivity index (χ0n) is 15.8. The molecule has 3 heterocycles. The minimum absolute atomic E-state index is 0. The van der Waals surface area contributed by atoms with E-state index in [1.54, 1.807) is 17.5 Å². The van der Waals surface area contributed by atoms with Gasteiger partial charge in [0.1, 0.15) is 4.21 Å². The Morgan fingerprint density at radius 2 is 2.11 bits per heavy atom. The van der Waals surface area contributed by atoms with Crippen molar-refractivity contribution >= 4 is 51.3 Å². The van der Waals surface area contributed by atoms with Crippen molar-refractivity contribution in [2.45, 2.75) is 36.4 Å². The molecule has 1 atom stereocenters. The van der Waals surface area contributed by atoms with Gasteiger partial charge in [-0.3, -0.25) is 9.89 Å². The SMILES string of the molecule is CCNC(=NCCNS(=O)(=O)c1cccs1)N1CCC(N2CCCC2)C1.I. The maximum atomic E-state index is 12.1. The van der Waals surface area contributed by atoms with Crippen molar-refractivity contribution in [2.24, 2.45) is 4.99 Å². The molecule has 1 aromatic heterocycles. The number of thiophene rings is 1. The molecule has 0 saturated carbocycles. The summed E-state index contributed by atoms with van der Waals surface area (Å²) in [6.45, 7) is 8.05. The number of hydrogen-bond donors (Lipinski definition) is 2. The summed E-state index contributed by atoms with van der Waals surface area (Å²) in [6, 6.07) is 3.98. The lowest BCUT2D eigenvalue weighted by molar-refractivity contribution is 0.249. The summed E-state index contributed by atoms with van der Waals surface area (Å²) in [7, 11) is -3.41. The Bertz CT molecular complexity index is 690. The highest BCUT2D eigenvalue weighted by molar-refractivity contribution is 14.0. The molecule has 0 amide bonds. The van der Waals surface area contributed by atoms with Crippen LogP contribution in [0.3, 0.4) is 0 Å². The number of hydrogen-bond acceptors (Lipinski definition) is 5. The molecule has 0 radical (unpaired) electrons. The average molecular weight is 527 g/mol. The predicted octanol–water partition coefficient (Wildman–Crippen LogP) is 1.78. The third kappa shape index (κ3) is 6.28. The molecule has 1 aromatic rings. The molecule has 2 fully saturated rings. The number of aliphatic imine (C=N–C) groups is 1. The summed E-state index contributed by atoms with van der Waals surface area (Å²) in [4.78, 5) is 9.53. The fraction of sp³-hybridized carbons (Fsp3) is 0.706. The monoisotopic (exact) mass is 527 g/mol. The lowest BCUT2D eigenvalue weighted by Crippen LogP contribution is -2.43. The van der Waals surface area contributed by atoms with E-state index >= 15 is 0 Å². The van der Waals surface area contributed by atoms with Crippen molar-refractivity contribution in [3.8, 4) is 0 Å². The van der Waals surface area contributed by atoms with E-state index in [2.05, 4.69) is 31.8 Å². The van der Waals surface area contributed by atoms with Crippen LogP contribution in [-0.4, -0.2) is 76.0 Å². The van der Waals surface area contributed by atoms with Crippen molar-refractivity contribution in [1.29, 1.82) is 0 Å². The van der Waals surface area contributed by atoms with E-state index < -0.39 is 10.0 Å². The molecule has 10 heteroatoms. The number of sulfonamides is 1. The van der Waals surface area contributed by atoms with Crippen LogP contribution in [0.1, 0.15) is 26.2 Å². The Hall–Kier alpha value is -0.430. The summed E-state index contributed by atoms with van der Waals surface area (Å²) in [5.74, 6) is 0.893. The highest BCUT2D eigenvalue weighted by Gasteiger charge is 2.30. The Morgan fingerprint density at radius 1 is 1.33 bits per heavy atom. The first-order valence-corrected chi connectivity index (χ1v) is 11.8. The lowest BCUT2D eigenvalue weighted by atomic mass is 10.2. The predicted molar refractivity (Wildman–Crippen MR) is 122 cm³/mol. The van der Waals surface area contributed by atoms with Gasteiger partial charge in [0.05, 0.1) is 6.54 Å². The minimum atomic E-state index is -3.41. The summed E-state index contributed by atoms with van der Waals surface area (Å²) < 4.78 is 27.2. The van der Waals surface area contributed by atoms with Crippen molar-refractivity contribution in [1.82, 2.24) is 19.8 Å². The van der Waals surface area contributed by atoms with Crippen molar-refractivity contribution in [3.05, 3.63) is 17.5 Å². The standard InChI is InChI=1S/C17H29N5O2S2.HI/c1-2-18-17(22-12-7-15(14-22)21-10-3-4-11-21)19-8-9-20-26(23,24)16-6-5-13-25-16;/h5-6,13,15,20H,2-4,7-12,14H2,1H3,(H,18,19);1H. The molecule has 154 valence electrons. The van der Waals surface area contributed by atoms with Crippen LogP contribution in [0.2, 0.25) is 0 Å². The van der Waals surface area contributed by atoms with E-state index in [1.165, 1.54) is 43.7 Å². The molecule has 2 aliphatic rings. The van der Waals surface area contributed by atoms with Crippen molar-refractivity contribution in [3.63, 3.8) is 0 Å². The largest absolute Gasteiger partial charge is 0.357 e. The zero-order chi connectivity index (χ0) is 18.4. The van der Waals surface area contributed by atoms with E-state index in [-0.39, 0.29) is 24.0 Å². The second-order valence-electron chi connectivity index (χ2n) is 6.70. The van der Waals surface area contributed by atoms with Gasteiger partial charge in [-0.2, -0.15) is 0 Å². The Balaban J connectivity index is 0.00000261. The molecule has 27 heavy (non-hydrogen) atoms. The van der Waals surface area contributed by atoms with Crippen LogP contribution in [-0.2, 0) is 10.0 Å². The molecule has 2 aliphatic heterocycles. The smallest absolute Gasteiger partial charge is 0.250 e. The lowest BCUT2D eigenvalue weighted by Gasteiger charge is -2.25. The second-order valence-corrected chi connectivity index (χ2v) is 9.64. The summed E-state index contributed by atoms with van der Waals surface area (Å²) >= 11 is 1.22. The average Bonchev–Trinajstić information content (AvgIpc) is 3.38. The van der Waals surface area contributed by atoms with Crippen LogP contribution in [0.5, 0.6) is 0 Å². The van der Waals surface area contributed by atoms with E-state index in [0.717, 1.165) is 25.6 Å². The van der Waals surface area contributed by atoms with E-state index in [0.29, 0.717) is 23.3 Å². The molecule has 0 aromatic carbocycles. The fourth-order valence-electron chi connectivity index (χ4n) is 3.59. The van der Waals surface area contributed by atoms with Gasteiger partial charge in [-0.05, 0) is 50.7 Å². The molecule has 2 saturated heterocycles. The second kappa shape index (κ2) is 10.9. The van der Waals surface area contributed by atoms with Crippen molar-refractivity contribution in [2.75, 3.05) is 45.8 Å². The zero-order valence-corrected chi connectivity index (χ0v) is 19.7. The van der Waals surface area contributed by atoms with Gasteiger partial charge >= 0.3 is 0 Å². The molecular weight excluding hydrogens is 497 g/mol. The quantitative estimate of drug-likeness (QED) is 0.245. The van der Waals surface area contributed by atoms with Crippen LogP contribution < -0.4 is 10.0 Å². The Morgan fingerprint density at radius 3 is 2.78 bits per heavy atom. The summed E-state index contributed by atoms with van der Waals surface area (Å²) in [5, 5.41) is 5.11. The van der Waals surface area contributed by atoms with E-state index in [1.807, 2.05) is 0 Å². The third-order valence-electron chi connectivity index (χ3n) is 4.88. The molecule has 3 rings (SSSR count). The molecule has 0 spiro atoms. The Kier molecular flexibility index (Phi) is 9.26. The third-order valence-corrected chi connectivity index (χ3v) is 7.74. The van der Waals surface area contributed by atoms with Gasteiger partial charge in [-0.1, -0.05) is 6.07 Å². The number of rotatable bonds is 7. The highest BCUT2D eigenvalue weighted by atomic mass is 127. The van der Waals surface area contributed by atoms with Gasteiger partial charge in [0.25, 0.3) is 0 Å². The first kappa shape index (κ1) is 22.9. The number of nitrogens with one attached hydrogen (secondary N) is 2. The molecule has 2 N–H and O–H groups in total. The number of nitrogens with zero attached hydrogens (tertiary/aromatic N) is 3. The van der Waals surface area contributed by atoms with Crippen LogP contribution in [0.25, 0.3) is 0 Å². The van der Waals surface area contributed by atoms with Crippen LogP contribution >= 0.6 is 35.3 Å². The number of likely N-dealkylation sites (tertiary alicyclic amines) is 2. The summed E-state index contributed by atoms with van der Waals surface area (Å²) in [6.07, 6.45) is 3.81. The molecule has 7 nitrogen and oxygen atoms in total. The topological polar surface area (TPSA) is 77.0 Å². The maximum absolute atomic E-state index is 12.1. The molecule has 1 unspecified atom stereocenters. The van der Waals surface area contributed by atoms with Crippen LogP contribution in [0.4, 0.5) is 0 Å². The molecular formula is C17H30IN5O2S2. The normalized spacial score (nSPS) is 21.4. The van der Waals surface area contributed by atoms with E-state index in [4.69, 9.17) is 0 Å². The van der Waals surface area contributed by atoms with Gasteiger partial charge in [0.15, 0.2) is 5.96 Å². The van der Waals surface area contributed by atoms with Gasteiger partial charge in [-0.25, -0.2) is 13.1 Å². The van der Waals surface area contributed by atoms with Gasteiger partial charge in [-0.15, -0.1) is 35.3 Å². The Labute approximate surface area is 183 Å². The van der Waals surface area contributed by atoms with Gasteiger partial charge in [0, 0.05) is 32.2 Å². The van der Waals surface area contributed by atoms with Gasteiger partial charge < -0.3 is 10.2 Å². The number of guanidine groups is 1. The molecule has 0 bridgehead atoms. The molecule has 0 aliphatic carbocycles. The first-order chi connectivity index (χ1) is 12.6. The first-order valence-electron chi connectivity index (χ1n) is 9.40. The fourth-order valence-corrected chi connectivity index (χ4v) is 5.65. The van der Waals surface area contributed by atoms with Crippen molar-refractivity contribution < 1.29 is 8.42 Å². The van der Waals surface area contributed by atoms with Gasteiger partial charge in [0.2, 0.25) is 10.0 Å². The van der Waals surface area contributed by atoms with E-state index in [9.17, 15) is 8.42 Å². The maximum Gasteiger partial charge on any atom is 0.250 e. The van der Waals surface area contributed by atoms with Crippen LogP contribution in [0.15, 0.2) is 26.7 Å². The minimum Gasteiger partial charge on any atom is -0.357 e. The number of halogens is 1. The summed E-state index contributed by atoms with van der Waals surface area (Å²) in [5.41, 5.74) is 0. The van der Waals surface area contributed by atoms with Crippen LogP contribution in [0, 0.1) is 0 Å². The highest BCUT2D eigenvalue weighted by Crippen LogP contribution is 2.20.